The topological polar surface area (TPSA) is 0 Å². The summed E-state index contributed by atoms with van der Waals surface area (Å²) < 4.78 is 8.64. The molecule has 0 amide bonds. The number of thiophene rings is 4. The van der Waals surface area contributed by atoms with Crippen molar-refractivity contribution in [2.75, 3.05) is 0 Å². The molecule has 0 saturated heterocycles. The van der Waals surface area contributed by atoms with Gasteiger partial charge in [-0.2, -0.15) is 0 Å². The Bertz CT molecular complexity index is 1860. The monoisotopic (exact) mass is 568 g/mol. The molecule has 0 nitrogen and oxygen atoms in total. The normalized spacial score (nSPS) is 12.2. The van der Waals surface area contributed by atoms with E-state index in [1.54, 1.807) is 4.88 Å². The molecule has 0 N–H and O–H groups in total. The van der Waals surface area contributed by atoms with Gasteiger partial charge >= 0.3 is 0 Å². The molecule has 3 aromatic carbocycles. The van der Waals surface area contributed by atoms with Crippen molar-refractivity contribution < 1.29 is 0 Å². The Morgan fingerprint density at radius 3 is 1.82 bits per heavy atom. The standard InChI is InChI=1S/C34H32S4/c1-2-3-4-5-6-7-8-12-15-25-16-23-17-26-31(20-29(23)35-25)37-34-27-18-24-19-28(22-13-10-9-11-14-22)36-30(24)21-32(27)38-33(26)34/h9-11,13-14,16-21H,2-8,12,15H2,1H3. The zero-order chi connectivity index (χ0) is 25.5. The van der Waals surface area contributed by atoms with Gasteiger partial charge in [0.2, 0.25) is 0 Å². The first kappa shape index (κ1) is 24.8. The Morgan fingerprint density at radius 2 is 1.13 bits per heavy atom. The van der Waals surface area contributed by atoms with Gasteiger partial charge < -0.3 is 0 Å². The van der Waals surface area contributed by atoms with Crippen LogP contribution in [0.1, 0.15) is 63.2 Å². The lowest BCUT2D eigenvalue weighted by atomic mass is 10.1. The Labute approximate surface area is 240 Å². The summed E-state index contributed by atoms with van der Waals surface area (Å²) in [5.74, 6) is 0. The third kappa shape index (κ3) is 4.70. The van der Waals surface area contributed by atoms with E-state index >= 15 is 0 Å². The van der Waals surface area contributed by atoms with Crippen molar-refractivity contribution in [2.24, 2.45) is 0 Å². The number of fused-ring (bicyclic) bond motifs is 7. The van der Waals surface area contributed by atoms with Crippen molar-refractivity contribution in [3.05, 3.63) is 71.6 Å². The zero-order valence-electron chi connectivity index (χ0n) is 21.8. The van der Waals surface area contributed by atoms with Gasteiger partial charge in [0.05, 0.1) is 9.40 Å². The van der Waals surface area contributed by atoms with Crippen molar-refractivity contribution in [1.29, 1.82) is 0 Å². The minimum atomic E-state index is 1.24. The highest BCUT2D eigenvalue weighted by molar-refractivity contribution is 7.37. The number of rotatable bonds is 10. The van der Waals surface area contributed by atoms with E-state index in [0.717, 1.165) is 0 Å². The van der Waals surface area contributed by atoms with Crippen molar-refractivity contribution >= 4 is 95.1 Å². The highest BCUT2D eigenvalue weighted by atomic mass is 32.1. The fraction of sp³-hybridized carbons (Fsp3) is 0.294. The van der Waals surface area contributed by atoms with Gasteiger partial charge in [-0.15, -0.1) is 45.3 Å². The number of hydrogen-bond acceptors (Lipinski definition) is 4. The summed E-state index contributed by atoms with van der Waals surface area (Å²) in [6.45, 7) is 2.29. The van der Waals surface area contributed by atoms with Crippen LogP contribution in [0.4, 0.5) is 0 Å². The highest BCUT2D eigenvalue weighted by Gasteiger charge is 2.16. The van der Waals surface area contributed by atoms with Crippen molar-refractivity contribution in [3.8, 4) is 10.4 Å². The molecule has 7 aromatic rings. The van der Waals surface area contributed by atoms with E-state index in [1.165, 1.54) is 118 Å². The van der Waals surface area contributed by atoms with Crippen LogP contribution in [0, 0.1) is 0 Å². The lowest BCUT2D eigenvalue weighted by molar-refractivity contribution is 0.576. The molecular weight excluding hydrogens is 537 g/mol. The third-order valence-electron chi connectivity index (χ3n) is 7.74. The van der Waals surface area contributed by atoms with E-state index in [1.807, 2.05) is 45.3 Å². The van der Waals surface area contributed by atoms with E-state index in [4.69, 9.17) is 0 Å². The van der Waals surface area contributed by atoms with Gasteiger partial charge in [0.25, 0.3) is 0 Å². The minimum absolute atomic E-state index is 1.24. The molecule has 0 unspecified atom stereocenters. The molecule has 0 aliphatic heterocycles. The van der Waals surface area contributed by atoms with E-state index in [-0.39, 0.29) is 0 Å². The van der Waals surface area contributed by atoms with Crippen LogP contribution in [0.25, 0.3) is 60.2 Å². The molecule has 192 valence electrons. The van der Waals surface area contributed by atoms with Crippen LogP contribution < -0.4 is 0 Å². The SMILES string of the molecule is CCCCCCCCCCc1cc2cc3c(cc2s1)sc1c2cc4cc(-c5ccccc5)sc4cc2sc31. The first-order valence-electron chi connectivity index (χ1n) is 14.1. The van der Waals surface area contributed by atoms with Gasteiger partial charge in [0, 0.05) is 39.3 Å². The highest BCUT2D eigenvalue weighted by Crippen LogP contribution is 2.48. The molecule has 0 aliphatic carbocycles. The van der Waals surface area contributed by atoms with E-state index in [0.29, 0.717) is 0 Å². The van der Waals surface area contributed by atoms with Crippen LogP contribution in [-0.4, -0.2) is 0 Å². The molecule has 4 heterocycles. The average molecular weight is 569 g/mol. The van der Waals surface area contributed by atoms with E-state index < -0.39 is 0 Å². The molecule has 0 aliphatic rings. The molecule has 0 bridgehead atoms. The summed E-state index contributed by atoms with van der Waals surface area (Å²) in [6, 6.07) is 25.4. The van der Waals surface area contributed by atoms with Crippen LogP contribution >= 0.6 is 45.3 Å². The lowest BCUT2D eigenvalue weighted by Gasteiger charge is -2.00. The Balaban J connectivity index is 1.14. The number of unbranched alkanes of at least 4 members (excludes halogenated alkanes) is 7. The molecule has 0 saturated carbocycles. The summed E-state index contributed by atoms with van der Waals surface area (Å²) in [4.78, 5) is 2.92. The molecule has 0 spiro atoms. The predicted octanol–water partition coefficient (Wildman–Crippen LogP) is 13.0. The van der Waals surface area contributed by atoms with Crippen LogP contribution in [0.2, 0.25) is 0 Å². The number of benzene rings is 3. The molecule has 4 aromatic heterocycles. The van der Waals surface area contributed by atoms with Gasteiger partial charge in [0.1, 0.15) is 0 Å². The zero-order valence-corrected chi connectivity index (χ0v) is 25.1. The van der Waals surface area contributed by atoms with Crippen LogP contribution in [0.3, 0.4) is 0 Å². The largest absolute Gasteiger partial charge is 0.140 e. The molecular formula is C34H32S4. The fourth-order valence-electron chi connectivity index (χ4n) is 5.68. The first-order valence-corrected chi connectivity index (χ1v) is 17.3. The summed E-state index contributed by atoms with van der Waals surface area (Å²) in [7, 11) is 0. The molecule has 7 rings (SSSR count). The fourth-order valence-corrected chi connectivity index (χ4v) is 10.7. The van der Waals surface area contributed by atoms with Crippen LogP contribution in [0.5, 0.6) is 0 Å². The van der Waals surface area contributed by atoms with Crippen LogP contribution in [0.15, 0.2) is 66.7 Å². The smallest absolute Gasteiger partial charge is 0.0542 e. The van der Waals surface area contributed by atoms with Crippen molar-refractivity contribution in [1.82, 2.24) is 0 Å². The van der Waals surface area contributed by atoms with E-state index in [9.17, 15) is 0 Å². The van der Waals surface area contributed by atoms with Gasteiger partial charge in [0.15, 0.2) is 0 Å². The maximum Gasteiger partial charge on any atom is 0.0542 e. The molecule has 0 atom stereocenters. The summed E-state index contributed by atoms with van der Waals surface area (Å²) in [5, 5.41) is 5.67. The Morgan fingerprint density at radius 1 is 0.526 bits per heavy atom. The molecule has 0 radical (unpaired) electrons. The number of hydrogen-bond donors (Lipinski definition) is 0. The van der Waals surface area contributed by atoms with Gasteiger partial charge in [-0.3, -0.25) is 0 Å². The Kier molecular flexibility index (Phi) is 7.00. The second kappa shape index (κ2) is 10.7. The van der Waals surface area contributed by atoms with Crippen LogP contribution in [-0.2, 0) is 6.42 Å². The average Bonchev–Trinajstić information content (AvgIpc) is 3.69. The van der Waals surface area contributed by atoms with Crippen molar-refractivity contribution in [2.45, 2.75) is 64.7 Å². The second-order valence-electron chi connectivity index (χ2n) is 10.5. The second-order valence-corrected chi connectivity index (χ2v) is 14.9. The predicted molar refractivity (Wildman–Crippen MR) is 177 cm³/mol. The van der Waals surface area contributed by atoms with E-state index in [2.05, 4.69) is 73.7 Å². The summed E-state index contributed by atoms with van der Waals surface area (Å²) in [5.41, 5.74) is 1.31. The quantitative estimate of drug-likeness (QED) is 0.144. The lowest BCUT2D eigenvalue weighted by Crippen LogP contribution is -1.83. The minimum Gasteiger partial charge on any atom is -0.140 e. The maximum absolute atomic E-state index is 2.47. The van der Waals surface area contributed by atoms with Gasteiger partial charge in [-0.05, 0) is 65.6 Å². The van der Waals surface area contributed by atoms with Gasteiger partial charge in [-0.1, -0.05) is 82.2 Å². The first-order chi connectivity index (χ1) is 18.8. The summed E-state index contributed by atoms with van der Waals surface area (Å²) >= 11 is 7.89. The Hall–Kier alpha value is -2.24. The molecule has 4 heteroatoms. The van der Waals surface area contributed by atoms with Crippen molar-refractivity contribution in [3.63, 3.8) is 0 Å². The third-order valence-corrected chi connectivity index (χ3v) is 12.5. The molecule has 38 heavy (non-hydrogen) atoms. The molecule has 0 fully saturated rings. The maximum atomic E-state index is 2.47. The number of aryl methyl sites for hydroxylation is 1. The summed E-state index contributed by atoms with van der Waals surface area (Å²) in [6.07, 6.45) is 12.4. The van der Waals surface area contributed by atoms with Gasteiger partial charge in [-0.25, -0.2) is 0 Å².